The lowest BCUT2D eigenvalue weighted by atomic mass is 10.3. The zero-order valence-electron chi connectivity index (χ0n) is 6.56. The van der Waals surface area contributed by atoms with Crippen molar-refractivity contribution in [3.8, 4) is 6.07 Å². The molecule has 0 fully saturated rings. The van der Waals surface area contributed by atoms with E-state index in [1.54, 1.807) is 6.92 Å². The molecule has 1 unspecified atom stereocenters. The second kappa shape index (κ2) is 3.05. The molecule has 0 aromatic carbocycles. The fraction of sp³-hybridized carbons (Fsp3) is 0.286. The highest BCUT2D eigenvalue weighted by atomic mass is 16.1. The Hall–Kier alpha value is -1.83. The van der Waals surface area contributed by atoms with Crippen LogP contribution in [-0.2, 0) is 0 Å². The number of hydrogen-bond donors (Lipinski definition) is 1. The van der Waals surface area contributed by atoms with Gasteiger partial charge in [0.05, 0.1) is 17.8 Å². The van der Waals surface area contributed by atoms with Gasteiger partial charge >= 0.3 is 0 Å². The minimum absolute atomic E-state index is 0.317. The molecule has 2 N–H and O–H groups in total. The molecule has 1 amide bonds. The quantitative estimate of drug-likeness (QED) is 0.671. The van der Waals surface area contributed by atoms with E-state index in [4.69, 9.17) is 11.0 Å². The summed E-state index contributed by atoms with van der Waals surface area (Å²) >= 11 is 0. The van der Waals surface area contributed by atoms with Gasteiger partial charge in [-0.15, -0.1) is 0 Å². The maximum atomic E-state index is 10.6. The van der Waals surface area contributed by atoms with Crippen molar-refractivity contribution in [2.45, 2.75) is 13.0 Å². The number of hydrogen-bond acceptors (Lipinski definition) is 3. The molecule has 5 heteroatoms. The summed E-state index contributed by atoms with van der Waals surface area (Å²) in [6.45, 7) is 1.68. The maximum absolute atomic E-state index is 10.6. The maximum Gasteiger partial charge on any atom is 0.251 e. The summed E-state index contributed by atoms with van der Waals surface area (Å²) in [7, 11) is 0. The van der Waals surface area contributed by atoms with E-state index in [1.165, 1.54) is 17.1 Å². The van der Waals surface area contributed by atoms with E-state index in [2.05, 4.69) is 5.10 Å². The fourth-order valence-electron chi connectivity index (χ4n) is 0.736. The van der Waals surface area contributed by atoms with E-state index in [-0.39, 0.29) is 6.04 Å². The predicted molar refractivity (Wildman–Crippen MR) is 41.1 cm³/mol. The zero-order chi connectivity index (χ0) is 9.14. The summed E-state index contributed by atoms with van der Waals surface area (Å²) in [6.07, 6.45) is 2.80. The van der Waals surface area contributed by atoms with Crippen molar-refractivity contribution in [1.29, 1.82) is 5.26 Å². The highest BCUT2D eigenvalue weighted by Gasteiger charge is 2.07. The molecule has 0 spiro atoms. The SMILES string of the molecule is CC(C#N)n1cc(C(N)=O)cn1. The van der Waals surface area contributed by atoms with E-state index < -0.39 is 5.91 Å². The second-order valence-electron chi connectivity index (χ2n) is 2.38. The number of primary amides is 1. The smallest absolute Gasteiger partial charge is 0.251 e. The molecule has 0 saturated carbocycles. The molecular formula is C7H8N4O. The van der Waals surface area contributed by atoms with Crippen molar-refractivity contribution in [3.05, 3.63) is 18.0 Å². The van der Waals surface area contributed by atoms with Crippen molar-refractivity contribution in [1.82, 2.24) is 9.78 Å². The predicted octanol–water partition coefficient (Wildman–Crippen LogP) is 0.0666. The average molecular weight is 164 g/mol. The molecule has 0 saturated heterocycles. The van der Waals surface area contributed by atoms with Gasteiger partial charge in [0.25, 0.3) is 5.91 Å². The first-order valence-corrected chi connectivity index (χ1v) is 3.38. The molecule has 62 valence electrons. The monoisotopic (exact) mass is 164 g/mol. The summed E-state index contributed by atoms with van der Waals surface area (Å²) in [5.41, 5.74) is 5.31. The van der Waals surface area contributed by atoms with Crippen LogP contribution < -0.4 is 5.73 Å². The Labute approximate surface area is 69.4 Å². The molecule has 0 aliphatic heterocycles. The first kappa shape index (κ1) is 8.27. The Morgan fingerprint density at radius 3 is 3.00 bits per heavy atom. The molecule has 1 atom stereocenters. The van der Waals surface area contributed by atoms with E-state index in [9.17, 15) is 4.79 Å². The second-order valence-corrected chi connectivity index (χ2v) is 2.38. The fourth-order valence-corrected chi connectivity index (χ4v) is 0.736. The molecule has 0 aliphatic rings. The molecule has 12 heavy (non-hydrogen) atoms. The molecule has 0 aliphatic carbocycles. The third-order valence-electron chi connectivity index (χ3n) is 1.47. The van der Waals surface area contributed by atoms with Crippen LogP contribution >= 0.6 is 0 Å². The lowest BCUT2D eigenvalue weighted by molar-refractivity contribution is 0.1000. The van der Waals surface area contributed by atoms with Crippen molar-refractivity contribution < 1.29 is 4.79 Å². The van der Waals surface area contributed by atoms with E-state index in [1.807, 2.05) is 6.07 Å². The Bertz CT molecular complexity index is 335. The summed E-state index contributed by atoms with van der Waals surface area (Å²) in [6, 6.07) is 1.61. The van der Waals surface area contributed by atoms with Gasteiger partial charge in [-0.05, 0) is 6.92 Å². The topological polar surface area (TPSA) is 84.7 Å². The van der Waals surface area contributed by atoms with Gasteiger partial charge in [-0.1, -0.05) is 0 Å². The van der Waals surface area contributed by atoms with Gasteiger partial charge in [-0.3, -0.25) is 9.48 Å². The standard InChI is InChI=1S/C7H8N4O/c1-5(2-8)11-4-6(3-10-11)7(9)12/h3-5H,1H3,(H2,9,12). The number of rotatable bonds is 2. The van der Waals surface area contributed by atoms with E-state index >= 15 is 0 Å². The van der Waals surface area contributed by atoms with Gasteiger partial charge in [-0.2, -0.15) is 10.4 Å². The van der Waals surface area contributed by atoms with Gasteiger partial charge in [-0.25, -0.2) is 0 Å². The van der Waals surface area contributed by atoms with Crippen LogP contribution in [0, 0.1) is 11.3 Å². The minimum Gasteiger partial charge on any atom is -0.366 e. The third-order valence-corrected chi connectivity index (χ3v) is 1.47. The zero-order valence-corrected chi connectivity index (χ0v) is 6.56. The van der Waals surface area contributed by atoms with Crippen LogP contribution in [0.5, 0.6) is 0 Å². The highest BCUT2D eigenvalue weighted by molar-refractivity contribution is 5.92. The van der Waals surface area contributed by atoms with Crippen molar-refractivity contribution in [2.75, 3.05) is 0 Å². The summed E-state index contributed by atoms with van der Waals surface area (Å²) < 4.78 is 1.39. The van der Waals surface area contributed by atoms with Crippen LogP contribution in [0.2, 0.25) is 0 Å². The van der Waals surface area contributed by atoms with E-state index in [0.29, 0.717) is 5.56 Å². The van der Waals surface area contributed by atoms with Gasteiger partial charge in [0, 0.05) is 6.20 Å². The Morgan fingerprint density at radius 2 is 2.58 bits per heavy atom. The van der Waals surface area contributed by atoms with Crippen LogP contribution in [0.1, 0.15) is 23.3 Å². The number of amides is 1. The van der Waals surface area contributed by atoms with Crippen LogP contribution in [-0.4, -0.2) is 15.7 Å². The first-order chi connectivity index (χ1) is 5.65. The molecule has 0 radical (unpaired) electrons. The first-order valence-electron chi connectivity index (χ1n) is 3.38. The Kier molecular flexibility index (Phi) is 2.10. The minimum atomic E-state index is -0.536. The molecule has 1 aromatic rings. The number of nitriles is 1. The normalized spacial score (nSPS) is 12.0. The van der Waals surface area contributed by atoms with Gasteiger partial charge in [0.15, 0.2) is 0 Å². The van der Waals surface area contributed by atoms with Crippen LogP contribution in [0.4, 0.5) is 0 Å². The molecule has 1 aromatic heterocycles. The summed E-state index contributed by atoms with van der Waals surface area (Å²) in [5.74, 6) is -0.536. The molecule has 1 heterocycles. The highest BCUT2D eigenvalue weighted by Crippen LogP contribution is 2.03. The van der Waals surface area contributed by atoms with Gasteiger partial charge in [0.1, 0.15) is 6.04 Å². The summed E-state index contributed by atoms with van der Waals surface area (Å²) in [4.78, 5) is 10.6. The van der Waals surface area contributed by atoms with Crippen LogP contribution in [0.3, 0.4) is 0 Å². The number of nitrogens with two attached hydrogens (primary N) is 1. The Morgan fingerprint density at radius 1 is 1.92 bits per heavy atom. The van der Waals surface area contributed by atoms with Crippen LogP contribution in [0.15, 0.2) is 12.4 Å². The summed E-state index contributed by atoms with van der Waals surface area (Å²) in [5, 5.41) is 12.3. The van der Waals surface area contributed by atoms with Gasteiger partial charge < -0.3 is 5.73 Å². The number of aromatic nitrogens is 2. The van der Waals surface area contributed by atoms with Crippen LogP contribution in [0.25, 0.3) is 0 Å². The number of carbonyl (C=O) groups is 1. The largest absolute Gasteiger partial charge is 0.366 e. The average Bonchev–Trinajstić information content (AvgIpc) is 2.51. The Balaban J connectivity index is 2.93. The molecule has 1 rings (SSSR count). The van der Waals surface area contributed by atoms with Crippen molar-refractivity contribution in [2.24, 2.45) is 5.73 Å². The lowest BCUT2D eigenvalue weighted by Gasteiger charge is -1.99. The van der Waals surface area contributed by atoms with Crippen molar-refractivity contribution >= 4 is 5.91 Å². The lowest BCUT2D eigenvalue weighted by Crippen LogP contribution is -2.10. The number of carbonyl (C=O) groups excluding carboxylic acids is 1. The third kappa shape index (κ3) is 1.42. The molecule has 5 nitrogen and oxygen atoms in total. The molecule has 0 bridgehead atoms. The number of nitrogens with zero attached hydrogens (tertiary/aromatic N) is 3. The van der Waals surface area contributed by atoms with Crippen molar-refractivity contribution in [3.63, 3.8) is 0 Å². The van der Waals surface area contributed by atoms with E-state index in [0.717, 1.165) is 0 Å². The molecular weight excluding hydrogens is 156 g/mol. The van der Waals surface area contributed by atoms with Gasteiger partial charge in [0.2, 0.25) is 0 Å².